The first kappa shape index (κ1) is 52.4. The normalized spacial score (nSPS) is 11.7. The maximum absolute atomic E-state index is 5.51. The minimum Gasteiger partial charge on any atom is -0.367 e. The van der Waals surface area contributed by atoms with Crippen molar-refractivity contribution in [3.05, 3.63) is 197 Å². The summed E-state index contributed by atoms with van der Waals surface area (Å²) in [5.41, 5.74) is 19.6. The molecule has 0 spiro atoms. The average Bonchev–Trinajstić information content (AvgIpc) is 3.41. The summed E-state index contributed by atoms with van der Waals surface area (Å²) in [7, 11) is 2.25. The van der Waals surface area contributed by atoms with E-state index in [0.29, 0.717) is 5.92 Å². The fourth-order valence-electron chi connectivity index (χ4n) is 9.02. The molecular weight excluding hydrogens is 851 g/mol. The first-order valence-corrected chi connectivity index (χ1v) is 25.9. The van der Waals surface area contributed by atoms with Crippen LogP contribution in [0, 0.1) is 6.92 Å². The molecule has 2 aromatic heterocycles. The van der Waals surface area contributed by atoms with Crippen molar-refractivity contribution in [1.82, 2.24) is 19.9 Å². The molecule has 0 saturated heterocycles. The minimum atomic E-state index is -0.00501. The summed E-state index contributed by atoms with van der Waals surface area (Å²) >= 11 is 0. The molecule has 9 aromatic rings. The van der Waals surface area contributed by atoms with Gasteiger partial charge >= 0.3 is 0 Å². The number of likely N-dealkylation sites (N-methyl/N-ethyl adjacent to an activating group) is 1. The van der Waals surface area contributed by atoms with Gasteiger partial charge in [0.1, 0.15) is 0 Å². The van der Waals surface area contributed by atoms with Gasteiger partial charge in [0, 0.05) is 40.9 Å². The molecule has 70 heavy (non-hydrogen) atoms. The van der Waals surface area contributed by atoms with Crippen LogP contribution in [0.1, 0.15) is 134 Å². The molecule has 2 atom stereocenters. The SMILES string of the molecule is CC.CC.CCC.CCc1ccc(C)c(N(C)C(c2ccccc2)C(C)c2cc(-c3nc4ccc(CC)cc4nc3-c3ccccc3)cc(-c3nc4ccc(C(C)C)cc4nc3-c3ccccc3)c2)c1. The first-order chi connectivity index (χ1) is 34.1. The number of benzene rings is 7. The highest BCUT2D eigenvalue weighted by Gasteiger charge is 2.29. The second kappa shape index (κ2) is 25.0. The van der Waals surface area contributed by atoms with Crippen LogP contribution in [-0.4, -0.2) is 27.0 Å². The van der Waals surface area contributed by atoms with E-state index in [1.165, 1.54) is 45.5 Å². The third kappa shape index (κ3) is 11.9. The molecule has 2 unspecified atom stereocenters. The number of hydrogen-bond acceptors (Lipinski definition) is 5. The minimum absolute atomic E-state index is 0.00501. The lowest BCUT2D eigenvalue weighted by molar-refractivity contribution is 0.564. The fourth-order valence-corrected chi connectivity index (χ4v) is 9.02. The van der Waals surface area contributed by atoms with Crippen molar-refractivity contribution >= 4 is 27.8 Å². The largest absolute Gasteiger partial charge is 0.367 e. The van der Waals surface area contributed by atoms with E-state index >= 15 is 0 Å². The lowest BCUT2D eigenvalue weighted by Gasteiger charge is -2.37. The van der Waals surface area contributed by atoms with E-state index in [-0.39, 0.29) is 12.0 Å². The van der Waals surface area contributed by atoms with Crippen LogP contribution < -0.4 is 4.90 Å². The second-order valence-electron chi connectivity index (χ2n) is 17.9. The highest BCUT2D eigenvalue weighted by molar-refractivity contribution is 5.91. The Kier molecular flexibility index (Phi) is 18.7. The molecule has 0 bridgehead atoms. The summed E-state index contributed by atoms with van der Waals surface area (Å²) in [6.07, 6.45) is 3.15. The molecule has 0 saturated carbocycles. The number of rotatable bonds is 12. The Balaban J connectivity index is 0.00000109. The van der Waals surface area contributed by atoms with Crippen molar-refractivity contribution in [2.75, 3.05) is 11.9 Å². The predicted octanol–water partition coefficient (Wildman–Crippen LogP) is 18.2. The van der Waals surface area contributed by atoms with Crippen molar-refractivity contribution in [3.8, 4) is 45.0 Å². The molecule has 5 nitrogen and oxygen atoms in total. The van der Waals surface area contributed by atoms with E-state index in [2.05, 4.69) is 231 Å². The fraction of sp³-hybridized carbons (Fsp3) is 0.292. The monoisotopic (exact) mass is 926 g/mol. The van der Waals surface area contributed by atoms with Crippen LogP contribution in [0.25, 0.3) is 67.1 Å². The van der Waals surface area contributed by atoms with Gasteiger partial charge in [-0.25, -0.2) is 19.9 Å². The van der Waals surface area contributed by atoms with Crippen LogP contribution in [0.3, 0.4) is 0 Å². The second-order valence-corrected chi connectivity index (χ2v) is 17.9. The molecule has 0 aliphatic carbocycles. The smallest absolute Gasteiger partial charge is 0.0973 e. The van der Waals surface area contributed by atoms with Gasteiger partial charge in [-0.1, -0.05) is 198 Å². The van der Waals surface area contributed by atoms with Gasteiger partial charge in [0.2, 0.25) is 0 Å². The molecule has 0 aliphatic rings. The number of hydrogen-bond donors (Lipinski definition) is 0. The molecule has 7 aromatic carbocycles. The molecule has 0 aliphatic heterocycles. The van der Waals surface area contributed by atoms with E-state index in [4.69, 9.17) is 19.9 Å². The summed E-state index contributed by atoms with van der Waals surface area (Å²) in [5.74, 6) is 0.389. The van der Waals surface area contributed by atoms with Gasteiger partial charge in [-0.05, 0) is 108 Å². The molecule has 0 radical (unpaired) electrons. The molecule has 9 rings (SSSR count). The number of anilines is 1. The number of aromatic nitrogens is 4. The lowest BCUT2D eigenvalue weighted by Crippen LogP contribution is -2.29. The van der Waals surface area contributed by atoms with Gasteiger partial charge < -0.3 is 4.90 Å². The van der Waals surface area contributed by atoms with Gasteiger partial charge in [-0.3, -0.25) is 0 Å². The summed E-state index contributed by atoms with van der Waals surface area (Å²) < 4.78 is 0. The van der Waals surface area contributed by atoms with Crippen LogP contribution in [0.2, 0.25) is 0 Å². The number of nitrogens with zero attached hydrogens (tertiary/aromatic N) is 5. The molecule has 360 valence electrons. The van der Waals surface area contributed by atoms with Gasteiger partial charge in [-0.15, -0.1) is 0 Å². The Morgan fingerprint density at radius 2 is 0.843 bits per heavy atom. The quantitative estimate of drug-likeness (QED) is 0.122. The van der Waals surface area contributed by atoms with Crippen LogP contribution in [-0.2, 0) is 12.8 Å². The van der Waals surface area contributed by atoms with Gasteiger partial charge in [-0.2, -0.15) is 0 Å². The topological polar surface area (TPSA) is 54.8 Å². The zero-order valence-electron chi connectivity index (χ0n) is 44.2. The molecule has 0 fully saturated rings. The zero-order valence-corrected chi connectivity index (χ0v) is 44.2. The molecule has 2 heterocycles. The molecule has 0 N–H and O–H groups in total. The third-order valence-corrected chi connectivity index (χ3v) is 12.7. The Morgan fingerprint density at radius 1 is 0.414 bits per heavy atom. The van der Waals surface area contributed by atoms with E-state index in [9.17, 15) is 0 Å². The Morgan fingerprint density at radius 3 is 1.34 bits per heavy atom. The molecular formula is C65H75N5. The Labute approximate surface area is 420 Å². The maximum atomic E-state index is 5.51. The number of fused-ring (bicyclic) bond motifs is 2. The predicted molar refractivity (Wildman–Crippen MR) is 303 cm³/mol. The van der Waals surface area contributed by atoms with E-state index in [1.807, 2.05) is 27.7 Å². The highest BCUT2D eigenvalue weighted by atomic mass is 15.1. The van der Waals surface area contributed by atoms with Crippen molar-refractivity contribution in [2.45, 2.75) is 120 Å². The van der Waals surface area contributed by atoms with Gasteiger partial charge in [0.05, 0.1) is 50.9 Å². The van der Waals surface area contributed by atoms with Crippen molar-refractivity contribution in [2.24, 2.45) is 0 Å². The molecule has 0 amide bonds. The van der Waals surface area contributed by atoms with E-state index in [0.717, 1.165) is 79.9 Å². The third-order valence-electron chi connectivity index (χ3n) is 12.7. The van der Waals surface area contributed by atoms with Crippen molar-refractivity contribution in [1.29, 1.82) is 0 Å². The zero-order chi connectivity index (χ0) is 50.3. The molecule has 5 heteroatoms. The van der Waals surface area contributed by atoms with E-state index in [1.54, 1.807) is 0 Å². The van der Waals surface area contributed by atoms with Crippen molar-refractivity contribution in [3.63, 3.8) is 0 Å². The van der Waals surface area contributed by atoms with Gasteiger partial charge in [0.25, 0.3) is 0 Å². The maximum Gasteiger partial charge on any atom is 0.0973 e. The highest BCUT2D eigenvalue weighted by Crippen LogP contribution is 2.44. The Hall–Kier alpha value is -6.98. The summed E-state index contributed by atoms with van der Waals surface area (Å²) in [6.45, 7) is 25.7. The van der Waals surface area contributed by atoms with Crippen LogP contribution in [0.5, 0.6) is 0 Å². The van der Waals surface area contributed by atoms with Crippen LogP contribution >= 0.6 is 0 Å². The van der Waals surface area contributed by atoms with Crippen molar-refractivity contribution < 1.29 is 0 Å². The van der Waals surface area contributed by atoms with Crippen LogP contribution in [0.4, 0.5) is 5.69 Å². The first-order valence-electron chi connectivity index (χ1n) is 25.9. The van der Waals surface area contributed by atoms with Crippen LogP contribution in [0.15, 0.2) is 164 Å². The summed E-state index contributed by atoms with van der Waals surface area (Å²) in [6, 6.07) is 58.7. The number of aryl methyl sites for hydroxylation is 3. The average molecular weight is 926 g/mol. The summed E-state index contributed by atoms with van der Waals surface area (Å²) in [4.78, 5) is 24.3. The van der Waals surface area contributed by atoms with E-state index < -0.39 is 0 Å². The Bertz CT molecular complexity index is 3070. The van der Waals surface area contributed by atoms with Gasteiger partial charge in [0.15, 0.2) is 0 Å². The summed E-state index contributed by atoms with van der Waals surface area (Å²) in [5, 5.41) is 0. The lowest BCUT2D eigenvalue weighted by atomic mass is 9.84. The standard InChI is InChI=1S/C58H55N5.C3H8.2C2H6/c1-8-40-27-29-49-51(31-40)61-54(42-19-13-10-14-20-42)56(59-49)47-33-46(39(6)58(44-23-17-12-18-24-44)63(7)53-32-41(9-2)26-25-38(53)5)34-48(35-47)57-55(43-21-15-11-16-22-43)62-52-36-45(37(3)4)28-30-50(52)60-57;1-3-2;2*1-2/h10-37,39,58H,8-9H2,1-7H3;3H2,1-2H3;2*1-2H3.